The second-order valence-electron chi connectivity index (χ2n) is 7.17. The topological polar surface area (TPSA) is 12.0 Å². The molecule has 1 rings (SSSR count). The molecule has 0 spiro atoms. The quantitative estimate of drug-likeness (QED) is 0.338. The van der Waals surface area contributed by atoms with Crippen molar-refractivity contribution in [2.24, 2.45) is 17.8 Å². The highest BCUT2D eigenvalue weighted by molar-refractivity contribution is 7.81. The Morgan fingerprint density at radius 3 is 2.23 bits per heavy atom. The maximum Gasteiger partial charge on any atom is 0.0129 e. The van der Waals surface area contributed by atoms with E-state index in [0.29, 0.717) is 23.1 Å². The highest BCUT2D eigenvalue weighted by Crippen LogP contribution is 2.33. The first kappa shape index (κ1) is 20.1. The summed E-state index contributed by atoms with van der Waals surface area (Å²) in [6, 6.07) is 0.651. The van der Waals surface area contributed by atoms with Crippen LogP contribution in [0, 0.1) is 17.8 Å². The summed E-state index contributed by atoms with van der Waals surface area (Å²) in [5, 5.41) is 4.11. The molecule has 1 fully saturated rings. The van der Waals surface area contributed by atoms with E-state index in [2.05, 4.69) is 45.3 Å². The number of hydrogen-bond acceptors (Lipinski definition) is 2. The maximum atomic E-state index is 4.82. The lowest BCUT2D eigenvalue weighted by Gasteiger charge is -2.33. The molecule has 0 aromatic rings. The lowest BCUT2D eigenvalue weighted by Crippen LogP contribution is -2.36. The van der Waals surface area contributed by atoms with Crippen molar-refractivity contribution < 1.29 is 0 Å². The number of nitrogens with one attached hydrogen (secondary N) is 1. The van der Waals surface area contributed by atoms with E-state index in [1.54, 1.807) is 0 Å². The number of rotatable bonds is 12. The molecule has 0 radical (unpaired) electrons. The van der Waals surface area contributed by atoms with E-state index in [1.807, 2.05) is 0 Å². The molecule has 0 aromatic heterocycles. The number of thiol groups is 1. The van der Waals surface area contributed by atoms with E-state index < -0.39 is 0 Å². The first-order chi connectivity index (χ1) is 10.7. The molecule has 22 heavy (non-hydrogen) atoms. The second kappa shape index (κ2) is 11.6. The molecule has 4 atom stereocenters. The monoisotopic (exact) mass is 325 g/mol. The zero-order chi connectivity index (χ0) is 16.4. The molecule has 1 N–H and O–H groups in total. The Balaban J connectivity index is 2.61. The minimum atomic E-state index is 0.514. The molecule has 0 saturated heterocycles. The Morgan fingerprint density at radius 1 is 1.09 bits per heavy atom. The molecule has 2 heteroatoms. The molecule has 1 aliphatic carbocycles. The van der Waals surface area contributed by atoms with Gasteiger partial charge in [-0.25, -0.2) is 0 Å². The van der Waals surface area contributed by atoms with Gasteiger partial charge in [-0.05, 0) is 50.5 Å². The molecule has 0 amide bonds. The molecular formula is C20H39NS. The van der Waals surface area contributed by atoms with Crippen molar-refractivity contribution in [3.05, 3.63) is 12.2 Å². The van der Waals surface area contributed by atoms with E-state index in [4.69, 9.17) is 12.6 Å². The Bertz CT molecular complexity index is 298. The molecule has 1 aliphatic rings. The zero-order valence-electron chi connectivity index (χ0n) is 15.4. The summed E-state index contributed by atoms with van der Waals surface area (Å²) in [6.45, 7) is 6.87. The van der Waals surface area contributed by atoms with Crippen LogP contribution in [0.15, 0.2) is 12.2 Å². The molecule has 4 unspecified atom stereocenters. The first-order valence-corrected chi connectivity index (χ1v) is 10.2. The third-order valence-corrected chi connectivity index (χ3v) is 6.33. The Labute approximate surface area is 145 Å². The Morgan fingerprint density at radius 2 is 1.77 bits per heavy atom. The predicted molar refractivity (Wildman–Crippen MR) is 104 cm³/mol. The van der Waals surface area contributed by atoms with Crippen LogP contribution in [0.4, 0.5) is 0 Å². The summed E-state index contributed by atoms with van der Waals surface area (Å²) >= 11 is 4.82. The van der Waals surface area contributed by atoms with E-state index in [-0.39, 0.29) is 0 Å². The van der Waals surface area contributed by atoms with Crippen LogP contribution in [0.1, 0.15) is 78.6 Å². The van der Waals surface area contributed by atoms with Gasteiger partial charge in [-0.2, -0.15) is 12.6 Å². The van der Waals surface area contributed by atoms with E-state index in [9.17, 15) is 0 Å². The van der Waals surface area contributed by atoms with E-state index in [1.165, 1.54) is 51.4 Å². The van der Waals surface area contributed by atoms with Crippen LogP contribution in [0.2, 0.25) is 0 Å². The smallest absolute Gasteiger partial charge is 0.0129 e. The maximum absolute atomic E-state index is 4.82. The van der Waals surface area contributed by atoms with Crippen molar-refractivity contribution in [2.75, 3.05) is 7.05 Å². The van der Waals surface area contributed by atoms with Crippen LogP contribution >= 0.6 is 12.6 Å². The fourth-order valence-corrected chi connectivity index (χ4v) is 3.84. The summed E-state index contributed by atoms with van der Waals surface area (Å²) < 4.78 is 0. The van der Waals surface area contributed by atoms with Gasteiger partial charge in [-0.15, -0.1) is 0 Å². The summed E-state index contributed by atoms with van der Waals surface area (Å²) in [7, 11) is 2.14. The lowest BCUT2D eigenvalue weighted by atomic mass is 9.77. The molecule has 0 bridgehead atoms. The number of hydrogen-bond donors (Lipinski definition) is 2. The number of allylic oxidation sites excluding steroid dienone is 1. The van der Waals surface area contributed by atoms with Gasteiger partial charge in [0.05, 0.1) is 0 Å². The van der Waals surface area contributed by atoms with Crippen molar-refractivity contribution >= 4 is 12.6 Å². The molecule has 0 aliphatic heterocycles. The van der Waals surface area contributed by atoms with Gasteiger partial charge >= 0.3 is 0 Å². The van der Waals surface area contributed by atoms with Gasteiger partial charge in [0.2, 0.25) is 0 Å². The van der Waals surface area contributed by atoms with Crippen LogP contribution in [-0.4, -0.2) is 18.3 Å². The highest BCUT2D eigenvalue weighted by atomic mass is 32.1. The largest absolute Gasteiger partial charge is 0.316 e. The zero-order valence-corrected chi connectivity index (χ0v) is 16.2. The van der Waals surface area contributed by atoms with Crippen molar-refractivity contribution in [1.29, 1.82) is 0 Å². The Hall–Kier alpha value is 0.0500. The lowest BCUT2D eigenvalue weighted by molar-refractivity contribution is 0.240. The summed E-state index contributed by atoms with van der Waals surface area (Å²) in [4.78, 5) is 0. The van der Waals surface area contributed by atoms with Crippen LogP contribution in [-0.2, 0) is 0 Å². The third kappa shape index (κ3) is 6.66. The van der Waals surface area contributed by atoms with Crippen molar-refractivity contribution in [1.82, 2.24) is 5.32 Å². The minimum absolute atomic E-state index is 0.514. The van der Waals surface area contributed by atoms with Gasteiger partial charge in [0.25, 0.3) is 0 Å². The van der Waals surface area contributed by atoms with Crippen molar-refractivity contribution in [2.45, 2.75) is 89.9 Å². The fourth-order valence-electron chi connectivity index (χ4n) is 3.59. The molecular weight excluding hydrogens is 286 g/mol. The Kier molecular flexibility index (Phi) is 10.6. The van der Waals surface area contributed by atoms with Crippen LogP contribution in [0.3, 0.4) is 0 Å². The fraction of sp³-hybridized carbons (Fsp3) is 0.900. The molecule has 0 heterocycles. The van der Waals surface area contributed by atoms with E-state index >= 15 is 0 Å². The summed E-state index contributed by atoms with van der Waals surface area (Å²) in [5.41, 5.74) is 0. The molecule has 1 saturated carbocycles. The van der Waals surface area contributed by atoms with Crippen LogP contribution in [0.25, 0.3) is 0 Å². The average molecular weight is 326 g/mol. The summed E-state index contributed by atoms with van der Waals surface area (Å²) in [5.74, 6) is 2.29. The predicted octanol–water partition coefficient (Wildman–Crippen LogP) is 5.86. The number of unbranched alkanes of at least 4 members (excludes halogenated alkanes) is 1. The van der Waals surface area contributed by atoms with Crippen LogP contribution < -0.4 is 5.32 Å². The third-order valence-electron chi connectivity index (χ3n) is 5.58. The highest BCUT2D eigenvalue weighted by Gasteiger charge is 2.25. The summed E-state index contributed by atoms with van der Waals surface area (Å²) in [6.07, 6.45) is 17.0. The van der Waals surface area contributed by atoms with Crippen molar-refractivity contribution in [3.63, 3.8) is 0 Å². The first-order valence-electron chi connectivity index (χ1n) is 9.69. The second-order valence-corrected chi connectivity index (χ2v) is 7.83. The van der Waals surface area contributed by atoms with Gasteiger partial charge in [0.15, 0.2) is 0 Å². The van der Waals surface area contributed by atoms with Gasteiger partial charge in [-0.1, -0.05) is 65.0 Å². The van der Waals surface area contributed by atoms with Gasteiger partial charge in [0, 0.05) is 11.3 Å². The molecule has 0 aromatic carbocycles. The van der Waals surface area contributed by atoms with Gasteiger partial charge in [-0.3, -0.25) is 0 Å². The van der Waals surface area contributed by atoms with Gasteiger partial charge < -0.3 is 5.32 Å². The van der Waals surface area contributed by atoms with Crippen LogP contribution in [0.5, 0.6) is 0 Å². The average Bonchev–Trinajstić information content (AvgIpc) is 2.50. The standard InChI is InChI=1S/C20H39NS/c1-5-8-12-18(20(22)7-3)14-13-17(6-2)19(21-4)15-16-10-9-11-16/h13-14,16-22H,5-12,15H2,1-4H3. The molecule has 1 nitrogen and oxygen atoms in total. The van der Waals surface area contributed by atoms with Crippen molar-refractivity contribution in [3.8, 4) is 0 Å². The SMILES string of the molecule is CCCCC(C=CC(CC)C(CC1CCC1)NC)C(S)CC. The van der Waals surface area contributed by atoms with Gasteiger partial charge in [0.1, 0.15) is 0 Å². The molecule has 130 valence electrons. The van der Waals surface area contributed by atoms with E-state index in [0.717, 1.165) is 12.3 Å². The minimum Gasteiger partial charge on any atom is -0.316 e. The normalized spacial score (nSPS) is 21.5.